The average molecular weight is 433 g/mol. The van der Waals surface area contributed by atoms with E-state index in [0.29, 0.717) is 22.3 Å². The van der Waals surface area contributed by atoms with Crippen molar-refractivity contribution in [3.05, 3.63) is 75.3 Å². The number of hydrogen-bond acceptors (Lipinski definition) is 5. The highest BCUT2D eigenvalue weighted by Crippen LogP contribution is 2.29. The second kappa shape index (κ2) is 7.96. The van der Waals surface area contributed by atoms with Gasteiger partial charge in [-0.1, -0.05) is 24.3 Å². The fourth-order valence-corrected chi connectivity index (χ4v) is 4.36. The van der Waals surface area contributed by atoms with Crippen LogP contribution in [-0.2, 0) is 13.0 Å². The SMILES string of the molecule is Cc1cccc(F)c1-n1nc2c(-c3ccc4c(c3)CN(C(C)CO)CC4)n[nH]c2cc1=O. The minimum absolute atomic E-state index is 0.0955. The van der Waals surface area contributed by atoms with E-state index in [1.807, 2.05) is 13.0 Å². The lowest BCUT2D eigenvalue weighted by Gasteiger charge is -2.33. The molecule has 0 bridgehead atoms. The number of aromatic nitrogens is 4. The van der Waals surface area contributed by atoms with Gasteiger partial charge in [-0.25, -0.2) is 4.39 Å². The van der Waals surface area contributed by atoms with E-state index in [2.05, 4.69) is 32.3 Å². The van der Waals surface area contributed by atoms with E-state index < -0.39 is 11.4 Å². The number of para-hydroxylation sites is 1. The summed E-state index contributed by atoms with van der Waals surface area (Å²) in [4.78, 5) is 14.9. The first-order valence-corrected chi connectivity index (χ1v) is 10.7. The summed E-state index contributed by atoms with van der Waals surface area (Å²) in [6, 6.07) is 12.4. The molecule has 4 aromatic rings. The maximum Gasteiger partial charge on any atom is 0.273 e. The zero-order valence-electron chi connectivity index (χ0n) is 18.0. The van der Waals surface area contributed by atoms with Crippen LogP contribution in [0.5, 0.6) is 0 Å². The number of benzene rings is 2. The van der Waals surface area contributed by atoms with Crippen molar-refractivity contribution in [1.82, 2.24) is 24.9 Å². The van der Waals surface area contributed by atoms with Crippen molar-refractivity contribution in [1.29, 1.82) is 0 Å². The van der Waals surface area contributed by atoms with Gasteiger partial charge in [-0.05, 0) is 49.1 Å². The van der Waals surface area contributed by atoms with Crippen LogP contribution < -0.4 is 5.56 Å². The van der Waals surface area contributed by atoms with Crippen LogP contribution in [0.15, 0.2) is 47.3 Å². The Labute approximate surface area is 184 Å². The number of nitrogens with zero attached hydrogens (tertiary/aromatic N) is 4. The molecule has 32 heavy (non-hydrogen) atoms. The largest absolute Gasteiger partial charge is 0.395 e. The van der Waals surface area contributed by atoms with Crippen molar-refractivity contribution < 1.29 is 9.50 Å². The van der Waals surface area contributed by atoms with E-state index in [9.17, 15) is 14.3 Å². The Morgan fingerprint density at radius 1 is 1.22 bits per heavy atom. The van der Waals surface area contributed by atoms with Gasteiger partial charge in [-0.2, -0.15) is 14.9 Å². The molecular weight excluding hydrogens is 409 g/mol. The lowest BCUT2D eigenvalue weighted by molar-refractivity contribution is 0.123. The van der Waals surface area contributed by atoms with Crippen molar-refractivity contribution in [2.75, 3.05) is 13.2 Å². The Morgan fingerprint density at radius 3 is 2.84 bits per heavy atom. The van der Waals surface area contributed by atoms with Crippen molar-refractivity contribution in [2.45, 2.75) is 32.9 Å². The summed E-state index contributed by atoms with van der Waals surface area (Å²) in [5, 5.41) is 21.3. The van der Waals surface area contributed by atoms with Crippen molar-refractivity contribution in [3.8, 4) is 16.9 Å². The fourth-order valence-electron chi connectivity index (χ4n) is 4.36. The zero-order valence-corrected chi connectivity index (χ0v) is 18.0. The Balaban J connectivity index is 1.61. The molecular formula is C24H24FN5O2. The number of rotatable bonds is 4. The van der Waals surface area contributed by atoms with E-state index in [1.54, 1.807) is 19.1 Å². The van der Waals surface area contributed by atoms with Gasteiger partial charge >= 0.3 is 0 Å². The molecule has 8 heteroatoms. The van der Waals surface area contributed by atoms with Gasteiger partial charge in [0.05, 0.1) is 12.1 Å². The lowest BCUT2D eigenvalue weighted by atomic mass is 9.95. The number of aromatic amines is 1. The van der Waals surface area contributed by atoms with Crippen molar-refractivity contribution in [2.24, 2.45) is 0 Å². The molecule has 2 N–H and O–H groups in total. The van der Waals surface area contributed by atoms with Gasteiger partial charge in [0.1, 0.15) is 22.7 Å². The smallest absolute Gasteiger partial charge is 0.273 e. The number of nitrogens with one attached hydrogen (secondary N) is 1. The van der Waals surface area contributed by atoms with Crippen LogP contribution in [-0.4, -0.2) is 49.2 Å². The molecule has 1 unspecified atom stereocenters. The van der Waals surface area contributed by atoms with Crippen LogP contribution in [0.25, 0.3) is 28.0 Å². The summed E-state index contributed by atoms with van der Waals surface area (Å²) in [6.45, 7) is 5.55. The Morgan fingerprint density at radius 2 is 2.06 bits per heavy atom. The molecule has 164 valence electrons. The van der Waals surface area contributed by atoms with E-state index in [1.165, 1.54) is 23.3 Å². The molecule has 0 spiro atoms. The summed E-state index contributed by atoms with van der Waals surface area (Å²) >= 11 is 0. The third-order valence-corrected chi connectivity index (χ3v) is 6.25. The topological polar surface area (TPSA) is 87.0 Å². The van der Waals surface area contributed by atoms with Crippen LogP contribution in [0.3, 0.4) is 0 Å². The summed E-state index contributed by atoms with van der Waals surface area (Å²) < 4.78 is 15.6. The molecule has 5 rings (SSSR count). The van der Waals surface area contributed by atoms with E-state index >= 15 is 0 Å². The van der Waals surface area contributed by atoms with Crippen molar-refractivity contribution >= 4 is 11.0 Å². The molecule has 3 heterocycles. The zero-order chi connectivity index (χ0) is 22.4. The van der Waals surface area contributed by atoms with Gasteiger partial charge in [-0.3, -0.25) is 14.8 Å². The lowest BCUT2D eigenvalue weighted by Crippen LogP contribution is -2.39. The molecule has 1 aliphatic rings. The second-order valence-corrected chi connectivity index (χ2v) is 8.37. The number of aliphatic hydroxyl groups is 1. The van der Waals surface area contributed by atoms with Gasteiger partial charge in [-0.15, -0.1) is 0 Å². The Kier molecular flexibility index (Phi) is 5.11. The molecule has 0 aliphatic carbocycles. The molecule has 0 fully saturated rings. The van der Waals surface area contributed by atoms with E-state index in [0.717, 1.165) is 29.8 Å². The third-order valence-electron chi connectivity index (χ3n) is 6.25. The van der Waals surface area contributed by atoms with Crippen molar-refractivity contribution in [3.63, 3.8) is 0 Å². The first kappa shape index (κ1) is 20.5. The molecule has 0 saturated heterocycles. The van der Waals surface area contributed by atoms with Crippen LogP contribution in [0.4, 0.5) is 4.39 Å². The van der Waals surface area contributed by atoms with Crippen LogP contribution >= 0.6 is 0 Å². The summed E-state index contributed by atoms with van der Waals surface area (Å²) in [6.07, 6.45) is 0.922. The number of fused-ring (bicyclic) bond motifs is 2. The standard InChI is InChI=1S/C24H24FN5O2/c1-14-4-3-5-19(25)24(14)30-21(32)11-20-23(28-30)22(27-26-20)17-7-6-16-8-9-29(15(2)13-31)12-18(16)10-17/h3-7,10-11,15,26,31H,8-9,12-13H2,1-2H3. The van der Waals surface area contributed by atoms with E-state index in [4.69, 9.17) is 0 Å². The van der Waals surface area contributed by atoms with Gasteiger partial charge < -0.3 is 5.11 Å². The predicted molar refractivity (Wildman–Crippen MR) is 120 cm³/mol. The Bertz CT molecular complexity index is 1360. The molecule has 0 radical (unpaired) electrons. The first-order valence-electron chi connectivity index (χ1n) is 10.7. The molecule has 1 aliphatic heterocycles. The molecule has 2 aromatic carbocycles. The van der Waals surface area contributed by atoms with Gasteiger partial charge in [0.15, 0.2) is 0 Å². The van der Waals surface area contributed by atoms with E-state index in [-0.39, 0.29) is 18.3 Å². The minimum Gasteiger partial charge on any atom is -0.395 e. The quantitative estimate of drug-likeness (QED) is 0.517. The molecule has 7 nitrogen and oxygen atoms in total. The Hall–Kier alpha value is -3.36. The number of aryl methyl sites for hydroxylation is 1. The number of hydrogen-bond donors (Lipinski definition) is 2. The molecule has 0 saturated carbocycles. The summed E-state index contributed by atoms with van der Waals surface area (Å²) in [5.41, 5.74) is 5.29. The monoisotopic (exact) mass is 433 g/mol. The van der Waals surface area contributed by atoms with Crippen LogP contribution in [0.2, 0.25) is 0 Å². The maximum absolute atomic E-state index is 14.5. The highest BCUT2D eigenvalue weighted by atomic mass is 19.1. The second-order valence-electron chi connectivity index (χ2n) is 8.37. The third kappa shape index (κ3) is 3.41. The summed E-state index contributed by atoms with van der Waals surface area (Å²) in [7, 11) is 0. The normalized spacial score (nSPS) is 15.1. The fraction of sp³-hybridized carbons (Fsp3) is 0.292. The molecule has 0 amide bonds. The van der Waals surface area contributed by atoms with Gasteiger partial charge in [0.25, 0.3) is 5.56 Å². The predicted octanol–water partition coefficient (Wildman–Crippen LogP) is 2.96. The number of aliphatic hydroxyl groups excluding tert-OH is 1. The number of halogens is 1. The maximum atomic E-state index is 14.5. The highest BCUT2D eigenvalue weighted by molar-refractivity contribution is 5.89. The first-order chi connectivity index (χ1) is 15.5. The van der Waals surface area contributed by atoms with Crippen LogP contribution in [0.1, 0.15) is 23.6 Å². The van der Waals surface area contributed by atoms with Crippen LogP contribution in [0, 0.1) is 12.7 Å². The van der Waals surface area contributed by atoms with Gasteiger partial charge in [0.2, 0.25) is 0 Å². The highest BCUT2D eigenvalue weighted by Gasteiger charge is 2.22. The minimum atomic E-state index is -0.504. The molecule has 2 aromatic heterocycles. The number of H-pyrrole nitrogens is 1. The van der Waals surface area contributed by atoms with Gasteiger partial charge in [0, 0.05) is 30.8 Å². The molecule has 1 atom stereocenters. The summed E-state index contributed by atoms with van der Waals surface area (Å²) in [5.74, 6) is -0.504. The average Bonchev–Trinajstić information content (AvgIpc) is 3.20.